The van der Waals surface area contributed by atoms with Gasteiger partial charge in [0.2, 0.25) is 0 Å². The molecule has 6 heteroatoms. The number of carbonyl (C=O) groups is 1. The summed E-state index contributed by atoms with van der Waals surface area (Å²) in [5, 5.41) is 0. The van der Waals surface area contributed by atoms with Crippen LogP contribution in [0.3, 0.4) is 0 Å². The van der Waals surface area contributed by atoms with Crippen molar-refractivity contribution in [1.29, 1.82) is 0 Å². The number of rotatable bonds is 7. The fourth-order valence-corrected chi connectivity index (χ4v) is 2.13. The maximum Gasteiger partial charge on any atom is 0.270 e. The number of hydrazine groups is 1. The Labute approximate surface area is 118 Å². The highest BCUT2D eigenvalue weighted by Gasteiger charge is 2.39. The van der Waals surface area contributed by atoms with Crippen LogP contribution in [0.15, 0.2) is 24.3 Å². The van der Waals surface area contributed by atoms with Crippen molar-refractivity contribution < 1.29 is 14.3 Å². The summed E-state index contributed by atoms with van der Waals surface area (Å²) in [6.07, 6.45) is 1.08. The molecule has 0 spiro atoms. The molecule has 3 N–H and O–H groups in total. The van der Waals surface area contributed by atoms with Crippen LogP contribution in [0.5, 0.6) is 5.75 Å². The van der Waals surface area contributed by atoms with E-state index in [2.05, 4.69) is 5.43 Å². The second kappa shape index (κ2) is 7.33. The van der Waals surface area contributed by atoms with Gasteiger partial charge in [-0.25, -0.2) is 5.84 Å². The first kappa shape index (κ1) is 15.8. The molecule has 1 atom stereocenters. The zero-order valence-electron chi connectivity index (χ0n) is 11.1. The second-order valence-electron chi connectivity index (χ2n) is 4.03. The summed E-state index contributed by atoms with van der Waals surface area (Å²) < 4.78 is 10.6. The lowest BCUT2D eigenvalue weighted by atomic mass is 9.88. The van der Waals surface area contributed by atoms with Crippen molar-refractivity contribution >= 4 is 17.5 Å². The van der Waals surface area contributed by atoms with Gasteiger partial charge < -0.3 is 9.47 Å². The lowest BCUT2D eigenvalue weighted by Gasteiger charge is -2.30. The molecule has 19 heavy (non-hydrogen) atoms. The van der Waals surface area contributed by atoms with Gasteiger partial charge in [0.25, 0.3) is 5.91 Å². The first-order valence-corrected chi connectivity index (χ1v) is 6.44. The van der Waals surface area contributed by atoms with Crippen molar-refractivity contribution in [3.8, 4) is 5.75 Å². The van der Waals surface area contributed by atoms with Gasteiger partial charge in [-0.15, -0.1) is 11.6 Å². The molecular weight excluding hydrogens is 268 g/mol. The van der Waals surface area contributed by atoms with E-state index in [1.54, 1.807) is 31.4 Å². The van der Waals surface area contributed by atoms with Crippen LogP contribution in [0.2, 0.25) is 0 Å². The summed E-state index contributed by atoms with van der Waals surface area (Å²) in [6, 6.07) is 7.11. The Kier molecular flexibility index (Phi) is 6.08. The van der Waals surface area contributed by atoms with Crippen molar-refractivity contribution in [2.75, 3.05) is 20.1 Å². The molecule has 0 fully saturated rings. The average molecular weight is 287 g/mol. The number of nitrogens with two attached hydrogens (primary N) is 1. The van der Waals surface area contributed by atoms with Gasteiger partial charge in [-0.1, -0.05) is 12.1 Å². The molecule has 0 aromatic heterocycles. The monoisotopic (exact) mass is 286 g/mol. The van der Waals surface area contributed by atoms with Gasteiger partial charge >= 0.3 is 0 Å². The molecule has 0 bridgehead atoms. The summed E-state index contributed by atoms with van der Waals surface area (Å²) in [6.45, 7) is 0. The maximum atomic E-state index is 12.1. The Morgan fingerprint density at radius 1 is 1.37 bits per heavy atom. The Morgan fingerprint density at radius 3 is 2.42 bits per heavy atom. The fourth-order valence-electron chi connectivity index (χ4n) is 1.99. The molecule has 0 heterocycles. The SMILES string of the molecule is COc1ccc(C(CCCCl)(OC)C(=O)NN)cc1. The number of hydrogen-bond donors (Lipinski definition) is 2. The predicted molar refractivity (Wildman–Crippen MR) is 74.0 cm³/mol. The standard InChI is InChI=1S/C13H19ClN2O3/c1-18-11-6-4-10(5-7-11)13(19-2,8-3-9-14)12(17)16-15/h4-7H,3,8-9,15H2,1-2H3,(H,16,17). The number of nitrogens with one attached hydrogen (secondary N) is 1. The van der Waals surface area contributed by atoms with E-state index in [1.165, 1.54) is 7.11 Å². The Balaban J connectivity index is 3.15. The Morgan fingerprint density at radius 2 is 2.00 bits per heavy atom. The van der Waals surface area contributed by atoms with E-state index in [0.29, 0.717) is 30.0 Å². The number of halogens is 1. The Hall–Kier alpha value is -1.30. The molecule has 1 aromatic carbocycles. The zero-order chi connectivity index (χ0) is 14.3. The van der Waals surface area contributed by atoms with Crippen LogP contribution >= 0.6 is 11.6 Å². The van der Waals surface area contributed by atoms with Gasteiger partial charge in [0.15, 0.2) is 5.60 Å². The first-order valence-electron chi connectivity index (χ1n) is 5.91. The largest absolute Gasteiger partial charge is 0.497 e. The van der Waals surface area contributed by atoms with Gasteiger partial charge in [0.1, 0.15) is 5.75 Å². The normalized spacial score (nSPS) is 13.7. The number of benzene rings is 1. The lowest BCUT2D eigenvalue weighted by Crippen LogP contribution is -2.48. The van der Waals surface area contributed by atoms with E-state index in [-0.39, 0.29) is 0 Å². The van der Waals surface area contributed by atoms with Crippen molar-refractivity contribution in [2.24, 2.45) is 5.84 Å². The van der Waals surface area contributed by atoms with Crippen molar-refractivity contribution in [3.63, 3.8) is 0 Å². The molecule has 1 aromatic rings. The molecule has 0 aliphatic carbocycles. The van der Waals surface area contributed by atoms with Crippen LogP contribution in [-0.2, 0) is 15.1 Å². The van der Waals surface area contributed by atoms with Gasteiger partial charge in [-0.2, -0.15) is 0 Å². The van der Waals surface area contributed by atoms with E-state index in [4.69, 9.17) is 26.9 Å². The third-order valence-corrected chi connectivity index (χ3v) is 3.33. The minimum Gasteiger partial charge on any atom is -0.497 e. The number of alkyl halides is 1. The van der Waals surface area contributed by atoms with E-state index in [9.17, 15) is 4.79 Å². The first-order chi connectivity index (χ1) is 9.14. The van der Waals surface area contributed by atoms with Gasteiger partial charge in [-0.3, -0.25) is 10.2 Å². The third-order valence-electron chi connectivity index (χ3n) is 3.07. The molecule has 1 rings (SSSR count). The highest BCUT2D eigenvalue weighted by molar-refractivity contribution is 6.17. The highest BCUT2D eigenvalue weighted by Crippen LogP contribution is 2.32. The maximum absolute atomic E-state index is 12.1. The smallest absolute Gasteiger partial charge is 0.270 e. The minimum absolute atomic E-state index is 0.398. The number of ether oxygens (including phenoxy) is 2. The summed E-state index contributed by atoms with van der Waals surface area (Å²) in [5.41, 5.74) is 1.74. The molecule has 5 nitrogen and oxygen atoms in total. The molecule has 0 saturated carbocycles. The molecule has 0 aliphatic rings. The van der Waals surface area contributed by atoms with Gasteiger partial charge in [-0.05, 0) is 30.5 Å². The van der Waals surface area contributed by atoms with Crippen LogP contribution in [0.4, 0.5) is 0 Å². The zero-order valence-corrected chi connectivity index (χ0v) is 11.9. The molecule has 106 valence electrons. The Bertz CT molecular complexity index is 411. The van der Waals surface area contributed by atoms with E-state index in [1.807, 2.05) is 0 Å². The van der Waals surface area contributed by atoms with Crippen LogP contribution in [0.25, 0.3) is 0 Å². The van der Waals surface area contributed by atoms with Gasteiger partial charge in [0.05, 0.1) is 7.11 Å². The van der Waals surface area contributed by atoms with Crippen LogP contribution in [0.1, 0.15) is 18.4 Å². The molecule has 0 radical (unpaired) electrons. The summed E-state index contributed by atoms with van der Waals surface area (Å²) in [5.74, 6) is 6.01. The fraction of sp³-hybridized carbons (Fsp3) is 0.462. The van der Waals surface area contributed by atoms with E-state index in [0.717, 1.165) is 0 Å². The van der Waals surface area contributed by atoms with E-state index >= 15 is 0 Å². The number of hydrogen-bond acceptors (Lipinski definition) is 4. The van der Waals surface area contributed by atoms with Crippen molar-refractivity contribution in [1.82, 2.24) is 5.43 Å². The van der Waals surface area contributed by atoms with Crippen LogP contribution in [-0.4, -0.2) is 26.0 Å². The highest BCUT2D eigenvalue weighted by atomic mass is 35.5. The van der Waals surface area contributed by atoms with Crippen molar-refractivity contribution in [2.45, 2.75) is 18.4 Å². The van der Waals surface area contributed by atoms with E-state index < -0.39 is 11.5 Å². The summed E-state index contributed by atoms with van der Waals surface area (Å²) in [4.78, 5) is 12.1. The molecule has 0 aliphatic heterocycles. The van der Waals surface area contributed by atoms with Crippen molar-refractivity contribution in [3.05, 3.63) is 29.8 Å². The minimum atomic E-state index is -1.13. The molecular formula is C13H19ClN2O3. The molecule has 0 saturated heterocycles. The number of carbonyl (C=O) groups excluding carboxylic acids is 1. The summed E-state index contributed by atoms with van der Waals surface area (Å²) >= 11 is 5.71. The number of amides is 1. The van der Waals surface area contributed by atoms with Gasteiger partial charge in [0, 0.05) is 13.0 Å². The van der Waals surface area contributed by atoms with Crippen LogP contribution < -0.4 is 16.0 Å². The quantitative estimate of drug-likeness (QED) is 0.345. The summed E-state index contributed by atoms with van der Waals surface area (Å²) in [7, 11) is 3.06. The lowest BCUT2D eigenvalue weighted by molar-refractivity contribution is -0.146. The third kappa shape index (κ3) is 3.37. The topological polar surface area (TPSA) is 73.6 Å². The second-order valence-corrected chi connectivity index (χ2v) is 4.40. The predicted octanol–water partition coefficient (Wildman–Crippen LogP) is 1.55. The molecule has 1 unspecified atom stereocenters. The molecule has 1 amide bonds. The average Bonchev–Trinajstić information content (AvgIpc) is 2.48. The van der Waals surface area contributed by atoms with Crippen LogP contribution in [0, 0.1) is 0 Å². The number of methoxy groups -OCH3 is 2.